The first-order valence-corrected chi connectivity index (χ1v) is 9.86. The summed E-state index contributed by atoms with van der Waals surface area (Å²) in [6.07, 6.45) is 0. The average molecular weight is 363 g/mol. The van der Waals surface area contributed by atoms with Gasteiger partial charge in [-0.1, -0.05) is 18.2 Å². The number of hydrogen-bond acceptors (Lipinski definition) is 4. The van der Waals surface area contributed by atoms with Gasteiger partial charge in [-0.3, -0.25) is 9.59 Å². The minimum atomic E-state index is -0.0836. The van der Waals surface area contributed by atoms with Crippen molar-refractivity contribution in [2.24, 2.45) is 0 Å². The van der Waals surface area contributed by atoms with Gasteiger partial charge in [-0.25, -0.2) is 0 Å². The number of benzene rings is 1. The second kappa shape index (κ2) is 9.49. The molecule has 0 spiro atoms. The van der Waals surface area contributed by atoms with E-state index in [0.717, 1.165) is 11.3 Å². The summed E-state index contributed by atoms with van der Waals surface area (Å²) >= 11 is 3.00. The molecule has 2 amide bonds. The largest absolute Gasteiger partial charge is 0.337 e. The van der Waals surface area contributed by atoms with E-state index in [4.69, 9.17) is 0 Å². The molecule has 1 N–H and O–H groups in total. The topological polar surface area (TPSA) is 49.4 Å². The molecule has 0 aliphatic carbocycles. The molecule has 0 aliphatic rings. The van der Waals surface area contributed by atoms with Crippen molar-refractivity contribution in [3.63, 3.8) is 0 Å². The lowest BCUT2D eigenvalue weighted by molar-refractivity contribution is -0.128. The lowest BCUT2D eigenvalue weighted by Crippen LogP contribution is -2.31. The Balaban J connectivity index is 1.73. The number of carbonyl (C=O) groups excluding carboxylic acids is 2. The highest BCUT2D eigenvalue weighted by molar-refractivity contribution is 8.00. The molecule has 0 unspecified atom stereocenters. The summed E-state index contributed by atoms with van der Waals surface area (Å²) in [5, 5.41) is 4.86. The van der Waals surface area contributed by atoms with Gasteiger partial charge < -0.3 is 10.2 Å². The number of nitrogens with zero attached hydrogens (tertiary/aromatic N) is 1. The third-order valence-electron chi connectivity index (χ3n) is 3.42. The summed E-state index contributed by atoms with van der Waals surface area (Å²) in [5.41, 5.74) is 1.89. The zero-order valence-electron chi connectivity index (χ0n) is 14.0. The van der Waals surface area contributed by atoms with Gasteiger partial charge in [0.2, 0.25) is 11.8 Å². The van der Waals surface area contributed by atoms with Crippen molar-refractivity contribution in [3.8, 4) is 0 Å². The van der Waals surface area contributed by atoms with Crippen molar-refractivity contribution in [2.75, 3.05) is 23.4 Å². The summed E-state index contributed by atoms with van der Waals surface area (Å²) in [4.78, 5) is 27.2. The van der Waals surface area contributed by atoms with E-state index >= 15 is 0 Å². The van der Waals surface area contributed by atoms with Crippen molar-refractivity contribution >= 4 is 40.6 Å². The molecule has 0 atom stereocenters. The van der Waals surface area contributed by atoms with Gasteiger partial charge >= 0.3 is 0 Å². The summed E-state index contributed by atoms with van der Waals surface area (Å²) in [6.45, 7) is 5.27. The first kappa shape index (κ1) is 18.5. The molecule has 0 aliphatic heterocycles. The van der Waals surface area contributed by atoms with Crippen LogP contribution in [-0.2, 0) is 16.1 Å². The number of carbonyl (C=O) groups is 2. The average Bonchev–Trinajstić information content (AvgIpc) is 3.05. The Morgan fingerprint density at radius 2 is 2.04 bits per heavy atom. The normalized spacial score (nSPS) is 10.4. The number of amides is 2. The van der Waals surface area contributed by atoms with Crippen LogP contribution in [0.3, 0.4) is 0 Å². The maximum atomic E-state index is 12.3. The number of anilines is 1. The molecule has 1 aromatic carbocycles. The van der Waals surface area contributed by atoms with Crippen LogP contribution in [0.25, 0.3) is 0 Å². The van der Waals surface area contributed by atoms with Gasteiger partial charge in [0.1, 0.15) is 0 Å². The van der Waals surface area contributed by atoms with Crippen LogP contribution < -0.4 is 5.32 Å². The molecule has 24 heavy (non-hydrogen) atoms. The summed E-state index contributed by atoms with van der Waals surface area (Å²) in [6, 6.07) is 11.7. The third kappa shape index (κ3) is 6.02. The summed E-state index contributed by atoms with van der Waals surface area (Å²) < 4.78 is 0. The Labute approximate surface area is 151 Å². The molecule has 6 heteroatoms. The Morgan fingerprint density at radius 3 is 2.71 bits per heavy atom. The predicted molar refractivity (Wildman–Crippen MR) is 103 cm³/mol. The fraction of sp³-hybridized carbons (Fsp3) is 0.333. The van der Waals surface area contributed by atoms with Crippen LogP contribution >= 0.6 is 23.1 Å². The molecule has 0 saturated carbocycles. The van der Waals surface area contributed by atoms with E-state index in [9.17, 15) is 9.59 Å². The van der Waals surface area contributed by atoms with Crippen LogP contribution in [-0.4, -0.2) is 34.8 Å². The zero-order chi connectivity index (χ0) is 17.4. The van der Waals surface area contributed by atoms with Crippen LogP contribution in [0.4, 0.5) is 5.69 Å². The fourth-order valence-corrected chi connectivity index (χ4v) is 3.65. The van der Waals surface area contributed by atoms with Gasteiger partial charge in [0, 0.05) is 17.1 Å². The van der Waals surface area contributed by atoms with Gasteiger partial charge in [-0.15, -0.1) is 23.1 Å². The third-order valence-corrected chi connectivity index (χ3v) is 5.20. The molecular weight excluding hydrogens is 340 g/mol. The lowest BCUT2D eigenvalue weighted by atomic mass is 10.2. The van der Waals surface area contributed by atoms with Crippen LogP contribution in [0, 0.1) is 6.92 Å². The second-order valence-corrected chi connectivity index (χ2v) is 7.42. The first-order chi connectivity index (χ1) is 11.6. The fourth-order valence-electron chi connectivity index (χ4n) is 2.21. The monoisotopic (exact) mass is 362 g/mol. The molecule has 128 valence electrons. The van der Waals surface area contributed by atoms with E-state index in [1.807, 2.05) is 60.5 Å². The van der Waals surface area contributed by atoms with Crippen LogP contribution in [0.5, 0.6) is 0 Å². The molecule has 0 radical (unpaired) electrons. The number of thiophene rings is 1. The van der Waals surface area contributed by atoms with E-state index in [1.54, 1.807) is 11.3 Å². The maximum absolute atomic E-state index is 12.3. The number of nitrogens with one attached hydrogen (secondary N) is 1. The molecule has 2 rings (SSSR count). The quantitative estimate of drug-likeness (QED) is 0.777. The standard InChI is InChI=1S/C18H22N2O2S2/c1-3-20(11-16-8-5-9-24-16)18(22)13-23-12-17(21)19-15-7-4-6-14(2)10-15/h4-10H,3,11-13H2,1-2H3,(H,19,21). The van der Waals surface area contributed by atoms with Crippen LogP contribution in [0.1, 0.15) is 17.4 Å². The van der Waals surface area contributed by atoms with Gasteiger partial charge in [0.25, 0.3) is 0 Å². The Bertz CT molecular complexity index is 671. The van der Waals surface area contributed by atoms with Crippen LogP contribution in [0.2, 0.25) is 0 Å². The SMILES string of the molecule is CCN(Cc1cccs1)C(=O)CSCC(=O)Nc1cccc(C)c1. The van der Waals surface area contributed by atoms with Crippen LogP contribution in [0.15, 0.2) is 41.8 Å². The molecule has 0 bridgehead atoms. The van der Waals surface area contributed by atoms with Gasteiger partial charge in [0.15, 0.2) is 0 Å². The molecule has 0 fully saturated rings. The maximum Gasteiger partial charge on any atom is 0.234 e. The van der Waals surface area contributed by atoms with Crippen molar-refractivity contribution in [3.05, 3.63) is 52.2 Å². The highest BCUT2D eigenvalue weighted by Crippen LogP contribution is 2.14. The molecule has 1 heterocycles. The Kier molecular flexibility index (Phi) is 7.34. The molecule has 0 saturated heterocycles. The number of hydrogen-bond donors (Lipinski definition) is 1. The zero-order valence-corrected chi connectivity index (χ0v) is 15.6. The first-order valence-electron chi connectivity index (χ1n) is 7.83. The van der Waals surface area contributed by atoms with E-state index in [-0.39, 0.29) is 17.6 Å². The Hall–Kier alpha value is -1.79. The summed E-state index contributed by atoms with van der Waals surface area (Å²) in [5.74, 6) is 0.579. The molecule has 1 aromatic heterocycles. The van der Waals surface area contributed by atoms with E-state index < -0.39 is 0 Å². The molecule has 2 aromatic rings. The van der Waals surface area contributed by atoms with Crippen molar-refractivity contribution in [1.29, 1.82) is 0 Å². The predicted octanol–water partition coefficient (Wildman–Crippen LogP) is 3.78. The minimum Gasteiger partial charge on any atom is -0.337 e. The van der Waals surface area contributed by atoms with Gasteiger partial charge in [-0.05, 0) is 43.0 Å². The Morgan fingerprint density at radius 1 is 1.21 bits per heavy atom. The van der Waals surface area contributed by atoms with Crippen molar-refractivity contribution in [1.82, 2.24) is 4.90 Å². The smallest absolute Gasteiger partial charge is 0.234 e. The van der Waals surface area contributed by atoms with Gasteiger partial charge in [-0.2, -0.15) is 0 Å². The van der Waals surface area contributed by atoms with Gasteiger partial charge in [0.05, 0.1) is 18.1 Å². The number of thioether (sulfide) groups is 1. The molecule has 4 nitrogen and oxygen atoms in total. The molecular formula is C18H22N2O2S2. The van der Waals surface area contributed by atoms with E-state index in [0.29, 0.717) is 18.8 Å². The number of rotatable bonds is 8. The minimum absolute atomic E-state index is 0.0688. The number of aryl methyl sites for hydroxylation is 1. The van der Waals surface area contributed by atoms with E-state index in [1.165, 1.54) is 16.6 Å². The highest BCUT2D eigenvalue weighted by atomic mass is 32.2. The lowest BCUT2D eigenvalue weighted by Gasteiger charge is -2.19. The van der Waals surface area contributed by atoms with Crippen molar-refractivity contribution in [2.45, 2.75) is 20.4 Å². The van der Waals surface area contributed by atoms with Crippen molar-refractivity contribution < 1.29 is 9.59 Å². The summed E-state index contributed by atoms with van der Waals surface area (Å²) in [7, 11) is 0. The highest BCUT2D eigenvalue weighted by Gasteiger charge is 2.13. The second-order valence-electron chi connectivity index (χ2n) is 5.40. The van der Waals surface area contributed by atoms with E-state index in [2.05, 4.69) is 5.32 Å².